The molecule has 1 rings (SSSR count). The van der Waals surface area contributed by atoms with Gasteiger partial charge in [0.05, 0.1) is 12.6 Å². The summed E-state index contributed by atoms with van der Waals surface area (Å²) < 4.78 is 11.6. The lowest BCUT2D eigenvalue weighted by atomic mass is 10.3. The van der Waals surface area contributed by atoms with E-state index >= 15 is 0 Å². The number of nitrogen functional groups attached to an aromatic ring is 1. The predicted octanol–water partition coefficient (Wildman–Crippen LogP) is -1.12. The van der Waals surface area contributed by atoms with Crippen LogP contribution in [-0.4, -0.2) is 30.5 Å². The van der Waals surface area contributed by atoms with E-state index in [1.165, 1.54) is 12.3 Å². The van der Waals surface area contributed by atoms with Gasteiger partial charge in [-0.25, -0.2) is 4.79 Å². The maximum atomic E-state index is 11.3. The third-order valence-corrected chi connectivity index (χ3v) is 2.34. The molecule has 5 N–H and O–H groups in total. The SMILES string of the molecule is Nc1ccn(CC(O)/C=C/P(=O)(O)O)c(=O)n1. The van der Waals surface area contributed by atoms with Crippen LogP contribution >= 0.6 is 7.60 Å². The van der Waals surface area contributed by atoms with Crippen LogP contribution in [0.25, 0.3) is 0 Å². The molecule has 1 heterocycles. The summed E-state index contributed by atoms with van der Waals surface area (Å²) in [7, 11) is -4.31. The van der Waals surface area contributed by atoms with Crippen molar-refractivity contribution in [2.75, 3.05) is 5.73 Å². The summed E-state index contributed by atoms with van der Waals surface area (Å²) in [5.41, 5.74) is 4.63. The molecular weight excluding hydrogens is 249 g/mol. The molecular formula is C8H12N3O5P. The quantitative estimate of drug-likeness (QED) is 0.503. The fourth-order valence-corrected chi connectivity index (χ4v) is 1.48. The van der Waals surface area contributed by atoms with Crippen molar-refractivity contribution in [1.29, 1.82) is 0 Å². The zero-order chi connectivity index (χ0) is 13.1. The summed E-state index contributed by atoms with van der Waals surface area (Å²) in [5.74, 6) is 0.638. The van der Waals surface area contributed by atoms with Crippen molar-refractivity contribution in [1.82, 2.24) is 9.55 Å². The first-order chi connectivity index (χ1) is 7.78. The summed E-state index contributed by atoms with van der Waals surface area (Å²) >= 11 is 0. The number of aliphatic hydroxyl groups excluding tert-OH is 1. The lowest BCUT2D eigenvalue weighted by Gasteiger charge is -2.08. The molecule has 0 fully saturated rings. The molecule has 0 aliphatic heterocycles. The molecule has 0 aromatic carbocycles. The van der Waals surface area contributed by atoms with Crippen LogP contribution in [0.2, 0.25) is 0 Å². The average Bonchev–Trinajstić information content (AvgIpc) is 2.18. The van der Waals surface area contributed by atoms with E-state index in [1.807, 2.05) is 0 Å². The minimum atomic E-state index is -4.31. The van der Waals surface area contributed by atoms with Crippen LogP contribution in [0.3, 0.4) is 0 Å². The van der Waals surface area contributed by atoms with Gasteiger partial charge in [0.15, 0.2) is 0 Å². The van der Waals surface area contributed by atoms with Gasteiger partial charge in [-0.1, -0.05) is 0 Å². The van der Waals surface area contributed by atoms with E-state index in [-0.39, 0.29) is 12.4 Å². The van der Waals surface area contributed by atoms with Crippen molar-refractivity contribution < 1.29 is 19.5 Å². The Labute approximate surface area is 96.2 Å². The first-order valence-corrected chi connectivity index (χ1v) is 6.22. The monoisotopic (exact) mass is 261 g/mol. The van der Waals surface area contributed by atoms with E-state index in [4.69, 9.17) is 15.5 Å². The predicted molar refractivity (Wildman–Crippen MR) is 60.1 cm³/mol. The van der Waals surface area contributed by atoms with Gasteiger partial charge < -0.3 is 20.6 Å². The highest BCUT2D eigenvalue weighted by molar-refractivity contribution is 7.55. The molecule has 17 heavy (non-hydrogen) atoms. The Kier molecular flexibility index (Phi) is 4.19. The summed E-state index contributed by atoms with van der Waals surface area (Å²) in [6, 6.07) is 1.38. The molecule has 1 aromatic rings. The maximum absolute atomic E-state index is 11.3. The van der Waals surface area contributed by atoms with Crippen molar-refractivity contribution in [2.24, 2.45) is 0 Å². The van der Waals surface area contributed by atoms with Crippen molar-refractivity contribution >= 4 is 13.4 Å². The van der Waals surface area contributed by atoms with E-state index < -0.39 is 19.4 Å². The van der Waals surface area contributed by atoms with Crippen LogP contribution < -0.4 is 11.4 Å². The highest BCUT2D eigenvalue weighted by atomic mass is 31.2. The number of rotatable bonds is 4. The molecule has 0 spiro atoms. The summed E-state index contributed by atoms with van der Waals surface area (Å²) in [4.78, 5) is 31.8. The molecule has 0 aliphatic carbocycles. The highest BCUT2D eigenvalue weighted by Crippen LogP contribution is 2.35. The minimum Gasteiger partial charge on any atom is -0.387 e. The molecule has 0 amide bonds. The van der Waals surface area contributed by atoms with Crippen LogP contribution in [0.15, 0.2) is 29.0 Å². The molecule has 0 saturated heterocycles. The number of aromatic nitrogens is 2. The van der Waals surface area contributed by atoms with Crippen LogP contribution in [0.4, 0.5) is 5.82 Å². The maximum Gasteiger partial charge on any atom is 0.349 e. The largest absolute Gasteiger partial charge is 0.387 e. The third-order valence-electron chi connectivity index (χ3n) is 1.78. The van der Waals surface area contributed by atoms with Crippen molar-refractivity contribution in [3.05, 3.63) is 34.6 Å². The van der Waals surface area contributed by atoms with E-state index in [2.05, 4.69) is 4.98 Å². The fraction of sp³-hybridized carbons (Fsp3) is 0.250. The molecule has 9 heteroatoms. The number of hydrogen-bond donors (Lipinski definition) is 4. The van der Waals surface area contributed by atoms with Crippen LogP contribution in [-0.2, 0) is 11.1 Å². The van der Waals surface area contributed by atoms with Gasteiger partial charge >= 0.3 is 13.3 Å². The third kappa shape index (κ3) is 4.92. The Balaban J connectivity index is 2.75. The molecule has 0 saturated carbocycles. The van der Waals surface area contributed by atoms with Gasteiger partial charge in [0.2, 0.25) is 0 Å². The summed E-state index contributed by atoms with van der Waals surface area (Å²) in [6.45, 7) is -0.164. The van der Waals surface area contributed by atoms with Crippen LogP contribution in [0.5, 0.6) is 0 Å². The normalized spacial score (nSPS) is 14.1. The minimum absolute atomic E-state index is 0.0616. The summed E-state index contributed by atoms with van der Waals surface area (Å²) in [5, 5.41) is 9.41. The van der Waals surface area contributed by atoms with Gasteiger partial charge in [-0.05, 0) is 12.1 Å². The first-order valence-electron chi connectivity index (χ1n) is 4.53. The number of nitrogens with zero attached hydrogens (tertiary/aromatic N) is 2. The van der Waals surface area contributed by atoms with Gasteiger partial charge in [-0.2, -0.15) is 4.98 Å². The van der Waals surface area contributed by atoms with Crippen LogP contribution in [0.1, 0.15) is 0 Å². The van der Waals surface area contributed by atoms with Crippen molar-refractivity contribution in [3.8, 4) is 0 Å². The Morgan fingerprint density at radius 2 is 2.24 bits per heavy atom. The fourth-order valence-electron chi connectivity index (χ4n) is 1.05. The molecule has 0 radical (unpaired) electrons. The summed E-state index contributed by atoms with van der Waals surface area (Å²) in [6.07, 6.45) is 1.05. The van der Waals surface area contributed by atoms with Gasteiger partial charge in [-0.15, -0.1) is 0 Å². The molecule has 0 bridgehead atoms. The van der Waals surface area contributed by atoms with Crippen molar-refractivity contribution in [2.45, 2.75) is 12.6 Å². The van der Waals surface area contributed by atoms with E-state index in [9.17, 15) is 14.5 Å². The lowest BCUT2D eigenvalue weighted by molar-refractivity contribution is 0.199. The number of hydrogen-bond acceptors (Lipinski definition) is 5. The topological polar surface area (TPSA) is 139 Å². The average molecular weight is 261 g/mol. The Hall–Kier alpha value is -1.47. The number of aliphatic hydroxyl groups is 1. The first kappa shape index (κ1) is 13.6. The van der Waals surface area contributed by atoms with Gasteiger partial charge in [0.25, 0.3) is 0 Å². The number of nitrogens with two attached hydrogens (primary N) is 1. The van der Waals surface area contributed by atoms with Gasteiger partial charge in [-0.3, -0.25) is 9.13 Å². The molecule has 0 aliphatic rings. The molecule has 1 unspecified atom stereocenters. The highest BCUT2D eigenvalue weighted by Gasteiger charge is 2.09. The molecule has 94 valence electrons. The van der Waals surface area contributed by atoms with E-state index in [0.29, 0.717) is 5.82 Å². The van der Waals surface area contributed by atoms with Crippen molar-refractivity contribution in [3.63, 3.8) is 0 Å². The molecule has 1 atom stereocenters. The van der Waals surface area contributed by atoms with Gasteiger partial charge in [0, 0.05) is 12.0 Å². The Morgan fingerprint density at radius 1 is 1.59 bits per heavy atom. The zero-order valence-electron chi connectivity index (χ0n) is 8.67. The second kappa shape index (κ2) is 5.24. The molecule has 1 aromatic heterocycles. The van der Waals surface area contributed by atoms with E-state index in [1.54, 1.807) is 0 Å². The second-order valence-electron chi connectivity index (χ2n) is 3.29. The standard InChI is InChI=1S/C8H12N3O5P/c9-7-1-3-11(8(13)10-7)5-6(12)2-4-17(14,15)16/h1-4,6,12H,5H2,(H2,9,10,13)(H2,14,15,16)/b4-2+. The van der Waals surface area contributed by atoms with Crippen LogP contribution in [0, 0.1) is 0 Å². The van der Waals surface area contributed by atoms with Gasteiger partial charge in [0.1, 0.15) is 5.82 Å². The second-order valence-corrected chi connectivity index (χ2v) is 4.76. The Bertz CT molecular complexity index is 520. The smallest absolute Gasteiger partial charge is 0.349 e. The Morgan fingerprint density at radius 3 is 2.76 bits per heavy atom. The molecule has 8 nitrogen and oxygen atoms in total. The lowest BCUT2D eigenvalue weighted by Crippen LogP contribution is -2.27. The van der Waals surface area contributed by atoms with E-state index in [0.717, 1.165) is 10.6 Å². The zero-order valence-corrected chi connectivity index (χ0v) is 9.57. The number of anilines is 1.